The van der Waals surface area contributed by atoms with Crippen LogP contribution in [0.5, 0.6) is 11.5 Å². The fraction of sp³-hybridized carbons (Fsp3) is 0.261. The third kappa shape index (κ3) is 5.89. The highest BCUT2D eigenvalue weighted by atomic mass is 32.2. The van der Waals surface area contributed by atoms with Crippen molar-refractivity contribution in [2.24, 2.45) is 0 Å². The second-order valence-corrected chi connectivity index (χ2v) is 7.93. The highest BCUT2D eigenvalue weighted by Crippen LogP contribution is 2.34. The molecule has 1 aliphatic heterocycles. The van der Waals surface area contributed by atoms with E-state index in [-0.39, 0.29) is 36.8 Å². The summed E-state index contributed by atoms with van der Waals surface area (Å²) in [5.41, 5.74) is 2.45. The lowest BCUT2D eigenvalue weighted by molar-refractivity contribution is -0.123. The topological polar surface area (TPSA) is 94.2 Å². The molecule has 1 fully saturated rings. The van der Waals surface area contributed by atoms with Gasteiger partial charge in [0.05, 0.1) is 25.2 Å². The summed E-state index contributed by atoms with van der Waals surface area (Å²) in [5.74, 6) is 0.131. The van der Waals surface area contributed by atoms with Gasteiger partial charge in [-0.05, 0) is 54.6 Å². The first kappa shape index (κ1) is 23.4. The summed E-state index contributed by atoms with van der Waals surface area (Å²) < 4.78 is 15.9. The molecule has 1 saturated heterocycles. The number of amides is 3. The van der Waals surface area contributed by atoms with Gasteiger partial charge in [-0.1, -0.05) is 23.8 Å². The van der Waals surface area contributed by atoms with E-state index in [0.29, 0.717) is 27.7 Å². The molecule has 8 nitrogen and oxygen atoms in total. The van der Waals surface area contributed by atoms with Crippen LogP contribution in [0.15, 0.2) is 47.4 Å². The SMILES string of the molecule is COCCN1C(=O)S/C(=C/c2ccc(OCC(=O)Nc3ccc(C)cc3)c(OC)c2)C1=O. The molecular weight excluding hydrogens is 432 g/mol. The summed E-state index contributed by atoms with van der Waals surface area (Å²) in [7, 11) is 2.99. The van der Waals surface area contributed by atoms with E-state index in [1.165, 1.54) is 14.2 Å². The van der Waals surface area contributed by atoms with Gasteiger partial charge in [0, 0.05) is 12.8 Å². The van der Waals surface area contributed by atoms with Crippen molar-refractivity contribution in [2.75, 3.05) is 39.3 Å². The van der Waals surface area contributed by atoms with Crippen LogP contribution >= 0.6 is 11.8 Å². The molecular formula is C23H24N2O6S. The standard InChI is InChI=1S/C23H24N2O6S/c1-15-4-7-17(8-5-15)24-21(26)14-31-18-9-6-16(12-19(18)30-3)13-20-22(27)25(10-11-29-2)23(28)32-20/h4-9,12-13H,10-11,14H2,1-3H3,(H,24,26)/b20-13+. The minimum Gasteiger partial charge on any atom is -0.493 e. The highest BCUT2D eigenvalue weighted by Gasteiger charge is 2.34. The summed E-state index contributed by atoms with van der Waals surface area (Å²) in [6, 6.07) is 12.5. The average Bonchev–Trinajstić information content (AvgIpc) is 3.05. The predicted octanol–water partition coefficient (Wildman–Crippen LogP) is 3.70. The number of benzene rings is 2. The van der Waals surface area contributed by atoms with Crippen molar-refractivity contribution in [1.82, 2.24) is 4.90 Å². The third-order valence-corrected chi connectivity index (χ3v) is 5.48. The van der Waals surface area contributed by atoms with Crippen LogP contribution in [-0.4, -0.2) is 55.9 Å². The number of thioether (sulfide) groups is 1. The Morgan fingerprint density at radius 3 is 2.53 bits per heavy atom. The lowest BCUT2D eigenvalue weighted by Crippen LogP contribution is -2.31. The number of aryl methyl sites for hydroxylation is 1. The van der Waals surface area contributed by atoms with E-state index >= 15 is 0 Å². The van der Waals surface area contributed by atoms with Gasteiger partial charge < -0.3 is 19.5 Å². The Kier molecular flexibility index (Phi) is 7.91. The van der Waals surface area contributed by atoms with E-state index < -0.39 is 0 Å². The van der Waals surface area contributed by atoms with Gasteiger partial charge >= 0.3 is 0 Å². The second-order valence-electron chi connectivity index (χ2n) is 6.94. The zero-order chi connectivity index (χ0) is 23.1. The van der Waals surface area contributed by atoms with E-state index in [9.17, 15) is 14.4 Å². The van der Waals surface area contributed by atoms with Crippen LogP contribution in [0.1, 0.15) is 11.1 Å². The molecule has 0 radical (unpaired) electrons. The Morgan fingerprint density at radius 1 is 1.09 bits per heavy atom. The van der Waals surface area contributed by atoms with Crippen LogP contribution in [0.3, 0.4) is 0 Å². The first-order valence-electron chi connectivity index (χ1n) is 9.83. The van der Waals surface area contributed by atoms with Crippen LogP contribution in [0.2, 0.25) is 0 Å². The van der Waals surface area contributed by atoms with Crippen LogP contribution in [-0.2, 0) is 14.3 Å². The number of ether oxygens (including phenoxy) is 3. The molecule has 0 atom stereocenters. The molecule has 1 heterocycles. The van der Waals surface area contributed by atoms with Gasteiger partial charge in [0.25, 0.3) is 17.1 Å². The van der Waals surface area contributed by atoms with Gasteiger partial charge in [-0.2, -0.15) is 0 Å². The van der Waals surface area contributed by atoms with Gasteiger partial charge in [0.1, 0.15) is 0 Å². The molecule has 3 amide bonds. The molecule has 32 heavy (non-hydrogen) atoms. The van der Waals surface area contributed by atoms with Crippen LogP contribution in [0.4, 0.5) is 10.5 Å². The molecule has 0 saturated carbocycles. The molecule has 0 aromatic heterocycles. The van der Waals surface area contributed by atoms with E-state index in [0.717, 1.165) is 22.2 Å². The zero-order valence-corrected chi connectivity index (χ0v) is 18.9. The Hall–Kier alpha value is -3.30. The largest absolute Gasteiger partial charge is 0.493 e. The number of hydrogen-bond acceptors (Lipinski definition) is 7. The molecule has 9 heteroatoms. The minimum atomic E-state index is -0.357. The molecule has 0 unspecified atom stereocenters. The maximum absolute atomic E-state index is 12.5. The first-order chi connectivity index (χ1) is 15.4. The lowest BCUT2D eigenvalue weighted by Gasteiger charge is -2.12. The first-order valence-corrected chi connectivity index (χ1v) is 10.6. The van der Waals surface area contributed by atoms with Crippen molar-refractivity contribution in [2.45, 2.75) is 6.92 Å². The third-order valence-electron chi connectivity index (χ3n) is 4.57. The molecule has 3 rings (SSSR count). The number of nitrogens with one attached hydrogen (secondary N) is 1. The van der Waals surface area contributed by atoms with E-state index in [1.54, 1.807) is 24.3 Å². The summed E-state index contributed by atoms with van der Waals surface area (Å²) in [6.45, 7) is 2.26. The molecule has 2 aromatic carbocycles. The maximum atomic E-state index is 12.5. The van der Waals surface area contributed by atoms with Gasteiger partial charge in [-0.3, -0.25) is 19.3 Å². The minimum absolute atomic E-state index is 0.192. The monoisotopic (exact) mass is 456 g/mol. The van der Waals surface area contributed by atoms with Crippen LogP contribution < -0.4 is 14.8 Å². The summed E-state index contributed by atoms with van der Waals surface area (Å²) >= 11 is 0.879. The van der Waals surface area contributed by atoms with E-state index in [2.05, 4.69) is 5.32 Å². The van der Waals surface area contributed by atoms with Crippen molar-refractivity contribution in [3.05, 3.63) is 58.5 Å². The van der Waals surface area contributed by atoms with Crippen molar-refractivity contribution >= 4 is 40.6 Å². The Balaban J connectivity index is 1.65. The average molecular weight is 457 g/mol. The Morgan fingerprint density at radius 2 is 1.84 bits per heavy atom. The van der Waals surface area contributed by atoms with Crippen molar-refractivity contribution in [1.29, 1.82) is 0 Å². The van der Waals surface area contributed by atoms with Crippen molar-refractivity contribution in [3.8, 4) is 11.5 Å². The highest BCUT2D eigenvalue weighted by molar-refractivity contribution is 8.18. The maximum Gasteiger partial charge on any atom is 0.293 e. The summed E-state index contributed by atoms with van der Waals surface area (Å²) in [6.07, 6.45) is 1.62. The van der Waals surface area contributed by atoms with Crippen LogP contribution in [0.25, 0.3) is 6.08 Å². The fourth-order valence-corrected chi connectivity index (χ4v) is 3.76. The quantitative estimate of drug-likeness (QED) is 0.575. The predicted molar refractivity (Wildman–Crippen MR) is 123 cm³/mol. The molecule has 0 spiro atoms. The lowest BCUT2D eigenvalue weighted by atomic mass is 10.2. The van der Waals surface area contributed by atoms with Gasteiger partial charge in [-0.15, -0.1) is 0 Å². The number of methoxy groups -OCH3 is 2. The number of rotatable bonds is 9. The van der Waals surface area contributed by atoms with Gasteiger partial charge in [0.15, 0.2) is 18.1 Å². The van der Waals surface area contributed by atoms with Gasteiger partial charge in [0.2, 0.25) is 0 Å². The number of imide groups is 1. The summed E-state index contributed by atoms with van der Waals surface area (Å²) in [4.78, 5) is 38.1. The molecule has 1 aliphatic rings. The number of carbonyl (C=O) groups is 3. The fourth-order valence-electron chi connectivity index (χ4n) is 2.90. The smallest absolute Gasteiger partial charge is 0.293 e. The zero-order valence-electron chi connectivity index (χ0n) is 18.0. The normalized spacial score (nSPS) is 14.7. The number of nitrogens with zero attached hydrogens (tertiary/aromatic N) is 1. The number of hydrogen-bond donors (Lipinski definition) is 1. The Labute approximate surface area is 190 Å². The Bertz CT molecular complexity index is 1040. The van der Waals surface area contributed by atoms with Crippen molar-refractivity contribution < 1.29 is 28.6 Å². The van der Waals surface area contributed by atoms with Crippen molar-refractivity contribution in [3.63, 3.8) is 0 Å². The molecule has 2 aromatic rings. The number of anilines is 1. The molecule has 0 bridgehead atoms. The van der Waals surface area contributed by atoms with E-state index in [4.69, 9.17) is 14.2 Å². The van der Waals surface area contributed by atoms with Crippen LogP contribution in [0, 0.1) is 6.92 Å². The molecule has 1 N–H and O–H groups in total. The van der Waals surface area contributed by atoms with E-state index in [1.807, 2.05) is 31.2 Å². The van der Waals surface area contributed by atoms with Gasteiger partial charge in [-0.25, -0.2) is 0 Å². The summed E-state index contributed by atoms with van der Waals surface area (Å²) in [5, 5.41) is 2.44. The number of carbonyl (C=O) groups excluding carboxylic acids is 3. The molecule has 0 aliphatic carbocycles. The second kappa shape index (κ2) is 10.8. The molecule has 168 valence electrons.